The Labute approximate surface area is 108 Å². The van der Waals surface area contributed by atoms with Crippen LogP contribution in [0.1, 0.15) is 37.4 Å². The first-order chi connectivity index (χ1) is 8.03. The Bertz CT molecular complexity index is 336. The number of ether oxygens (including phenoxy) is 1. The van der Waals surface area contributed by atoms with E-state index in [-0.39, 0.29) is 11.6 Å². The molecule has 0 aromatic carbocycles. The van der Waals surface area contributed by atoms with E-state index in [4.69, 9.17) is 10.6 Å². The molecule has 4 heteroatoms. The van der Waals surface area contributed by atoms with Gasteiger partial charge in [-0.15, -0.1) is 11.3 Å². The Morgan fingerprint density at radius 2 is 2.00 bits per heavy atom. The zero-order valence-electron chi connectivity index (χ0n) is 11.2. The van der Waals surface area contributed by atoms with Crippen LogP contribution in [0.4, 0.5) is 0 Å². The summed E-state index contributed by atoms with van der Waals surface area (Å²) in [7, 11) is 0. The number of thiophene rings is 1. The molecule has 0 aliphatic rings. The lowest BCUT2D eigenvalue weighted by molar-refractivity contribution is -0.0379. The van der Waals surface area contributed by atoms with Gasteiger partial charge in [-0.3, -0.25) is 11.3 Å². The lowest BCUT2D eigenvalue weighted by Crippen LogP contribution is -2.52. The topological polar surface area (TPSA) is 47.3 Å². The van der Waals surface area contributed by atoms with Crippen LogP contribution in [0.3, 0.4) is 0 Å². The molecule has 0 aliphatic heterocycles. The number of nitrogens with two attached hydrogens (primary N) is 1. The summed E-state index contributed by atoms with van der Waals surface area (Å²) in [6, 6.07) is 4.52. The molecule has 0 radical (unpaired) electrons. The summed E-state index contributed by atoms with van der Waals surface area (Å²) in [5.74, 6) is 5.65. The lowest BCUT2D eigenvalue weighted by Gasteiger charge is -2.33. The summed E-state index contributed by atoms with van der Waals surface area (Å²) in [6.07, 6.45) is 2.01. The van der Waals surface area contributed by atoms with E-state index < -0.39 is 0 Å². The standard InChI is InChI=1S/C13H24N2OS/c1-5-10-7-8-11(17-10)9-12(15-14)13(3,4)16-6-2/h7-8,12,15H,5-6,9,14H2,1-4H3. The smallest absolute Gasteiger partial charge is 0.0795 e. The molecule has 1 atom stereocenters. The second kappa shape index (κ2) is 6.50. The average molecular weight is 256 g/mol. The Morgan fingerprint density at radius 3 is 2.47 bits per heavy atom. The summed E-state index contributed by atoms with van der Waals surface area (Å²) in [5.41, 5.74) is 2.63. The molecule has 1 unspecified atom stereocenters. The molecule has 0 fully saturated rings. The largest absolute Gasteiger partial charge is 0.374 e. The summed E-state index contributed by atoms with van der Waals surface area (Å²) in [6.45, 7) is 9.05. The fraction of sp³-hybridized carbons (Fsp3) is 0.692. The van der Waals surface area contributed by atoms with Crippen molar-refractivity contribution in [2.24, 2.45) is 5.84 Å². The Morgan fingerprint density at radius 1 is 1.35 bits per heavy atom. The fourth-order valence-corrected chi connectivity index (χ4v) is 2.90. The van der Waals surface area contributed by atoms with E-state index >= 15 is 0 Å². The van der Waals surface area contributed by atoms with E-state index in [0.717, 1.165) is 12.8 Å². The molecule has 0 aliphatic carbocycles. The van der Waals surface area contributed by atoms with Gasteiger partial charge in [0, 0.05) is 22.8 Å². The highest BCUT2D eigenvalue weighted by atomic mass is 32.1. The monoisotopic (exact) mass is 256 g/mol. The summed E-state index contributed by atoms with van der Waals surface area (Å²) in [4.78, 5) is 2.78. The second-order valence-corrected chi connectivity index (χ2v) is 5.93. The van der Waals surface area contributed by atoms with E-state index in [2.05, 4.69) is 38.3 Å². The zero-order chi connectivity index (χ0) is 12.9. The van der Waals surface area contributed by atoms with Crippen molar-refractivity contribution in [1.82, 2.24) is 5.43 Å². The van der Waals surface area contributed by atoms with E-state index in [9.17, 15) is 0 Å². The molecule has 17 heavy (non-hydrogen) atoms. The van der Waals surface area contributed by atoms with Crippen molar-refractivity contribution in [2.45, 2.75) is 52.2 Å². The molecule has 98 valence electrons. The third kappa shape index (κ3) is 4.07. The second-order valence-electron chi connectivity index (χ2n) is 4.68. The van der Waals surface area contributed by atoms with Gasteiger partial charge < -0.3 is 4.74 Å². The molecule has 0 amide bonds. The van der Waals surface area contributed by atoms with Crippen LogP contribution in [-0.4, -0.2) is 18.2 Å². The van der Waals surface area contributed by atoms with Crippen molar-refractivity contribution in [3.63, 3.8) is 0 Å². The highest BCUT2D eigenvalue weighted by molar-refractivity contribution is 7.11. The van der Waals surface area contributed by atoms with E-state index in [1.807, 2.05) is 18.3 Å². The summed E-state index contributed by atoms with van der Waals surface area (Å²) < 4.78 is 5.75. The highest BCUT2D eigenvalue weighted by Crippen LogP contribution is 2.23. The van der Waals surface area contributed by atoms with Gasteiger partial charge in [-0.25, -0.2) is 0 Å². The van der Waals surface area contributed by atoms with Crippen molar-refractivity contribution >= 4 is 11.3 Å². The van der Waals surface area contributed by atoms with Gasteiger partial charge in [0.15, 0.2) is 0 Å². The quantitative estimate of drug-likeness (QED) is 0.582. The number of hydrazine groups is 1. The number of rotatable bonds is 7. The molecule has 1 aromatic rings. The van der Waals surface area contributed by atoms with Crippen molar-refractivity contribution in [3.05, 3.63) is 21.9 Å². The maximum Gasteiger partial charge on any atom is 0.0795 e. The number of nitrogens with one attached hydrogen (secondary N) is 1. The summed E-state index contributed by atoms with van der Waals surface area (Å²) >= 11 is 1.86. The molecule has 0 saturated carbocycles. The molecule has 0 saturated heterocycles. The predicted molar refractivity (Wildman–Crippen MR) is 74.2 cm³/mol. The molecular weight excluding hydrogens is 232 g/mol. The third-order valence-electron chi connectivity index (χ3n) is 3.03. The van der Waals surface area contributed by atoms with Gasteiger partial charge in [-0.05, 0) is 39.3 Å². The maximum absolute atomic E-state index is 5.75. The Balaban J connectivity index is 2.69. The van der Waals surface area contributed by atoms with Crippen LogP contribution < -0.4 is 11.3 Å². The maximum atomic E-state index is 5.75. The van der Waals surface area contributed by atoms with E-state index in [1.165, 1.54) is 9.75 Å². The minimum absolute atomic E-state index is 0.130. The van der Waals surface area contributed by atoms with Crippen LogP contribution in [0.5, 0.6) is 0 Å². The van der Waals surface area contributed by atoms with Gasteiger partial charge in [0.1, 0.15) is 0 Å². The van der Waals surface area contributed by atoms with Gasteiger partial charge >= 0.3 is 0 Å². The minimum Gasteiger partial charge on any atom is -0.374 e. The highest BCUT2D eigenvalue weighted by Gasteiger charge is 2.29. The number of hydrogen-bond donors (Lipinski definition) is 2. The first-order valence-electron chi connectivity index (χ1n) is 6.21. The Kier molecular flexibility index (Phi) is 5.59. The fourth-order valence-electron chi connectivity index (χ4n) is 1.90. The molecule has 1 aromatic heterocycles. The Hall–Kier alpha value is -0.420. The first kappa shape index (κ1) is 14.6. The van der Waals surface area contributed by atoms with Crippen LogP contribution in [0.15, 0.2) is 12.1 Å². The predicted octanol–water partition coefficient (Wildman–Crippen LogP) is 2.50. The minimum atomic E-state index is -0.250. The van der Waals surface area contributed by atoms with Gasteiger partial charge in [-0.2, -0.15) is 0 Å². The molecule has 3 N–H and O–H groups in total. The lowest BCUT2D eigenvalue weighted by atomic mass is 9.95. The van der Waals surface area contributed by atoms with Crippen LogP contribution in [0.25, 0.3) is 0 Å². The zero-order valence-corrected chi connectivity index (χ0v) is 12.1. The van der Waals surface area contributed by atoms with Crippen molar-refractivity contribution in [2.75, 3.05) is 6.61 Å². The third-order valence-corrected chi connectivity index (χ3v) is 4.28. The normalized spacial score (nSPS) is 13.9. The van der Waals surface area contributed by atoms with Crippen molar-refractivity contribution < 1.29 is 4.74 Å². The molecule has 1 rings (SSSR count). The van der Waals surface area contributed by atoms with E-state index in [1.54, 1.807) is 0 Å². The molecule has 3 nitrogen and oxygen atoms in total. The van der Waals surface area contributed by atoms with Crippen molar-refractivity contribution in [3.8, 4) is 0 Å². The van der Waals surface area contributed by atoms with Crippen LogP contribution in [0.2, 0.25) is 0 Å². The SMILES string of the molecule is CCOC(C)(C)C(Cc1ccc(CC)s1)NN. The van der Waals surface area contributed by atoms with Crippen LogP contribution in [-0.2, 0) is 17.6 Å². The van der Waals surface area contributed by atoms with Crippen LogP contribution >= 0.6 is 11.3 Å². The van der Waals surface area contributed by atoms with E-state index in [0.29, 0.717) is 6.61 Å². The molecule has 0 bridgehead atoms. The first-order valence-corrected chi connectivity index (χ1v) is 7.02. The number of hydrogen-bond acceptors (Lipinski definition) is 4. The van der Waals surface area contributed by atoms with Gasteiger partial charge in [0.05, 0.1) is 11.6 Å². The summed E-state index contributed by atoms with van der Waals surface area (Å²) in [5, 5.41) is 0. The van der Waals surface area contributed by atoms with Crippen LogP contribution in [0, 0.1) is 0 Å². The number of aryl methyl sites for hydroxylation is 1. The molecular formula is C13H24N2OS. The van der Waals surface area contributed by atoms with Gasteiger partial charge in [0.2, 0.25) is 0 Å². The molecule has 1 heterocycles. The van der Waals surface area contributed by atoms with Crippen molar-refractivity contribution in [1.29, 1.82) is 0 Å². The molecule has 0 spiro atoms. The average Bonchev–Trinajstić information content (AvgIpc) is 2.73. The van der Waals surface area contributed by atoms with Gasteiger partial charge in [0.25, 0.3) is 0 Å². The van der Waals surface area contributed by atoms with Gasteiger partial charge in [-0.1, -0.05) is 6.92 Å².